The standard InChI is InChI=1S/C21H27FN8/c1-13(2)30(24)20-17(23)5-3-14-12-26-21(28-19(14)20)27-15-4-6-18(16(22)11-15)29-9-7-25-8-10-29/h3-6,11-13,25H,7-10,23-24H2,1-2H3,(H,26,27,28). The molecular weight excluding hydrogens is 383 g/mol. The smallest absolute Gasteiger partial charge is 0.227 e. The summed E-state index contributed by atoms with van der Waals surface area (Å²) in [4.78, 5) is 11.0. The first-order valence-electron chi connectivity index (χ1n) is 10.1. The molecule has 1 fully saturated rings. The molecule has 1 aromatic heterocycles. The molecule has 0 aliphatic carbocycles. The largest absolute Gasteiger partial charge is 0.397 e. The maximum atomic E-state index is 14.7. The van der Waals surface area contributed by atoms with Gasteiger partial charge in [-0.15, -0.1) is 0 Å². The fourth-order valence-electron chi connectivity index (χ4n) is 3.56. The number of rotatable bonds is 5. The number of fused-ring (bicyclic) bond motifs is 1. The van der Waals surface area contributed by atoms with E-state index in [0.29, 0.717) is 34.2 Å². The molecule has 0 spiro atoms. The Kier molecular flexibility index (Phi) is 5.56. The summed E-state index contributed by atoms with van der Waals surface area (Å²) < 4.78 is 14.7. The highest BCUT2D eigenvalue weighted by atomic mass is 19.1. The van der Waals surface area contributed by atoms with Crippen molar-refractivity contribution in [3.05, 3.63) is 42.3 Å². The SMILES string of the molecule is CC(C)N(N)c1c(N)ccc2cnc(Nc3ccc(N4CCNCC4)c(F)c3)nc12. The average Bonchev–Trinajstić information content (AvgIpc) is 2.74. The predicted molar refractivity (Wildman–Crippen MR) is 121 cm³/mol. The lowest BCUT2D eigenvalue weighted by molar-refractivity contribution is 0.566. The third-order valence-electron chi connectivity index (χ3n) is 5.23. The molecule has 8 nitrogen and oxygen atoms in total. The molecule has 1 saturated heterocycles. The lowest BCUT2D eigenvalue weighted by Gasteiger charge is -2.29. The molecular formula is C21H27FN8. The molecule has 2 heterocycles. The van der Waals surface area contributed by atoms with Gasteiger partial charge in [0.05, 0.1) is 11.4 Å². The van der Waals surface area contributed by atoms with E-state index in [1.807, 2.05) is 30.9 Å². The van der Waals surface area contributed by atoms with Crippen LogP contribution in [0.15, 0.2) is 36.5 Å². The maximum absolute atomic E-state index is 14.7. The van der Waals surface area contributed by atoms with E-state index < -0.39 is 0 Å². The molecule has 158 valence electrons. The van der Waals surface area contributed by atoms with Crippen LogP contribution in [0.1, 0.15) is 13.8 Å². The lowest BCUT2D eigenvalue weighted by Crippen LogP contribution is -2.43. The fraction of sp³-hybridized carbons (Fsp3) is 0.333. The molecule has 0 bridgehead atoms. The van der Waals surface area contributed by atoms with Gasteiger partial charge in [0, 0.05) is 49.5 Å². The summed E-state index contributed by atoms with van der Waals surface area (Å²) in [5.74, 6) is 6.30. The molecule has 0 unspecified atom stereocenters. The van der Waals surface area contributed by atoms with Crippen LogP contribution in [0.25, 0.3) is 10.9 Å². The predicted octanol–water partition coefficient (Wildman–Crippen LogP) is 2.59. The van der Waals surface area contributed by atoms with Crippen LogP contribution in [0.4, 0.5) is 33.1 Å². The van der Waals surface area contributed by atoms with Crippen LogP contribution >= 0.6 is 0 Å². The molecule has 0 amide bonds. The summed E-state index contributed by atoms with van der Waals surface area (Å²) in [6.07, 6.45) is 1.70. The van der Waals surface area contributed by atoms with E-state index in [9.17, 15) is 4.39 Å². The van der Waals surface area contributed by atoms with Crippen molar-refractivity contribution in [2.45, 2.75) is 19.9 Å². The Labute approximate surface area is 175 Å². The second kappa shape index (κ2) is 8.29. The van der Waals surface area contributed by atoms with Crippen molar-refractivity contribution in [3.8, 4) is 0 Å². The van der Waals surface area contributed by atoms with Gasteiger partial charge in [-0.1, -0.05) is 0 Å². The summed E-state index contributed by atoms with van der Waals surface area (Å²) in [5, 5.41) is 8.77. The Bertz CT molecular complexity index is 1050. The van der Waals surface area contributed by atoms with Crippen LogP contribution in [-0.4, -0.2) is 42.2 Å². The highest BCUT2D eigenvalue weighted by Crippen LogP contribution is 2.32. The summed E-state index contributed by atoms with van der Waals surface area (Å²) in [5.41, 5.74) is 9.18. The minimum atomic E-state index is -0.277. The van der Waals surface area contributed by atoms with Crippen molar-refractivity contribution in [1.29, 1.82) is 0 Å². The normalized spacial score (nSPS) is 14.4. The lowest BCUT2D eigenvalue weighted by atomic mass is 10.1. The number of benzene rings is 2. The van der Waals surface area contributed by atoms with Crippen LogP contribution in [0.3, 0.4) is 0 Å². The van der Waals surface area contributed by atoms with E-state index in [2.05, 4.69) is 20.6 Å². The second-order valence-corrected chi connectivity index (χ2v) is 7.66. The molecule has 2 aromatic carbocycles. The zero-order valence-corrected chi connectivity index (χ0v) is 17.2. The molecule has 0 saturated carbocycles. The number of halogens is 1. The van der Waals surface area contributed by atoms with Gasteiger partial charge in [-0.25, -0.2) is 20.2 Å². The van der Waals surface area contributed by atoms with E-state index in [4.69, 9.17) is 11.6 Å². The van der Waals surface area contributed by atoms with Crippen molar-refractivity contribution in [2.75, 3.05) is 47.1 Å². The van der Waals surface area contributed by atoms with Crippen LogP contribution in [0.2, 0.25) is 0 Å². The van der Waals surface area contributed by atoms with Gasteiger partial charge in [0.15, 0.2) is 0 Å². The molecule has 3 aromatic rings. The molecule has 0 radical (unpaired) electrons. The zero-order chi connectivity index (χ0) is 21.3. The second-order valence-electron chi connectivity index (χ2n) is 7.66. The molecule has 1 aliphatic rings. The topological polar surface area (TPSA) is 108 Å². The minimum Gasteiger partial charge on any atom is -0.397 e. The van der Waals surface area contributed by atoms with Gasteiger partial charge in [0.2, 0.25) is 5.95 Å². The average molecular weight is 411 g/mol. The van der Waals surface area contributed by atoms with Crippen LogP contribution < -0.4 is 32.1 Å². The Morgan fingerprint density at radius 2 is 1.97 bits per heavy atom. The van der Waals surface area contributed by atoms with Crippen LogP contribution in [-0.2, 0) is 0 Å². The first kappa shape index (κ1) is 20.1. The summed E-state index contributed by atoms with van der Waals surface area (Å²) >= 11 is 0. The van der Waals surface area contributed by atoms with E-state index in [1.54, 1.807) is 23.3 Å². The van der Waals surface area contributed by atoms with E-state index in [1.165, 1.54) is 6.07 Å². The van der Waals surface area contributed by atoms with Gasteiger partial charge in [-0.05, 0) is 44.2 Å². The maximum Gasteiger partial charge on any atom is 0.227 e. The van der Waals surface area contributed by atoms with Crippen molar-refractivity contribution in [1.82, 2.24) is 15.3 Å². The van der Waals surface area contributed by atoms with Gasteiger partial charge in [-0.2, -0.15) is 0 Å². The Hall–Kier alpha value is -3.17. The quantitative estimate of drug-likeness (QED) is 0.289. The summed E-state index contributed by atoms with van der Waals surface area (Å²) in [7, 11) is 0. The first-order chi connectivity index (χ1) is 14.4. The minimum absolute atomic E-state index is 0.0379. The number of nitrogen functional groups attached to an aromatic ring is 1. The number of hydrogen-bond acceptors (Lipinski definition) is 8. The first-order valence-corrected chi connectivity index (χ1v) is 10.1. The molecule has 6 N–H and O–H groups in total. The summed E-state index contributed by atoms with van der Waals surface area (Å²) in [6.45, 7) is 7.22. The van der Waals surface area contributed by atoms with Gasteiger partial charge in [0.1, 0.15) is 17.0 Å². The number of hydrazine groups is 1. The van der Waals surface area contributed by atoms with Gasteiger partial charge in [0.25, 0.3) is 0 Å². The van der Waals surface area contributed by atoms with Crippen LogP contribution in [0, 0.1) is 5.82 Å². The van der Waals surface area contributed by atoms with E-state index in [0.717, 1.165) is 31.6 Å². The molecule has 9 heteroatoms. The van der Waals surface area contributed by atoms with Crippen molar-refractivity contribution >= 4 is 39.6 Å². The number of anilines is 5. The number of piperazine rings is 1. The molecule has 1 aliphatic heterocycles. The number of aromatic nitrogens is 2. The number of nitrogens with zero attached hydrogens (tertiary/aromatic N) is 4. The number of nitrogens with two attached hydrogens (primary N) is 2. The van der Waals surface area contributed by atoms with E-state index in [-0.39, 0.29) is 11.9 Å². The van der Waals surface area contributed by atoms with Crippen molar-refractivity contribution in [2.24, 2.45) is 5.84 Å². The fourth-order valence-corrected chi connectivity index (χ4v) is 3.56. The van der Waals surface area contributed by atoms with Gasteiger partial charge in [-0.3, -0.25) is 0 Å². The Morgan fingerprint density at radius 3 is 2.67 bits per heavy atom. The monoisotopic (exact) mass is 410 g/mol. The summed E-state index contributed by atoms with van der Waals surface area (Å²) in [6, 6.07) is 8.77. The highest BCUT2D eigenvalue weighted by Gasteiger charge is 2.17. The molecule has 0 atom stereocenters. The Morgan fingerprint density at radius 1 is 1.20 bits per heavy atom. The van der Waals surface area contributed by atoms with Crippen molar-refractivity contribution < 1.29 is 4.39 Å². The number of nitrogens with one attached hydrogen (secondary N) is 2. The van der Waals surface area contributed by atoms with Crippen LogP contribution in [0.5, 0.6) is 0 Å². The van der Waals surface area contributed by atoms with Gasteiger partial charge >= 0.3 is 0 Å². The van der Waals surface area contributed by atoms with Gasteiger partial charge < -0.3 is 26.3 Å². The molecule has 4 rings (SSSR count). The number of hydrogen-bond donors (Lipinski definition) is 4. The van der Waals surface area contributed by atoms with Crippen molar-refractivity contribution in [3.63, 3.8) is 0 Å². The molecule has 30 heavy (non-hydrogen) atoms. The zero-order valence-electron chi connectivity index (χ0n) is 17.2. The third-order valence-corrected chi connectivity index (χ3v) is 5.23. The van der Waals surface area contributed by atoms with E-state index >= 15 is 0 Å². The Balaban J connectivity index is 1.64. The third kappa shape index (κ3) is 3.94. The highest BCUT2D eigenvalue weighted by molar-refractivity contribution is 5.97.